The number of rotatable bonds is 5. The van der Waals surface area contributed by atoms with Crippen LogP contribution in [0.2, 0.25) is 0 Å². The van der Waals surface area contributed by atoms with Crippen LogP contribution < -0.4 is 10.6 Å². The van der Waals surface area contributed by atoms with Crippen LogP contribution in [0.4, 0.5) is 10.1 Å². The number of anilines is 1. The lowest BCUT2D eigenvalue weighted by molar-refractivity contribution is -0.150. The summed E-state index contributed by atoms with van der Waals surface area (Å²) in [7, 11) is 2.45. The number of nitrogens with two attached hydrogens (primary N) is 1. The van der Waals surface area contributed by atoms with Gasteiger partial charge in [-0.25, -0.2) is 9.18 Å². The highest BCUT2D eigenvalue weighted by Crippen LogP contribution is 2.51. The highest BCUT2D eigenvalue weighted by atomic mass is 19.1. The molecule has 1 aliphatic carbocycles. The number of allylic oxidation sites excluding steroid dienone is 2. The Balaban J connectivity index is 1.83. The van der Waals surface area contributed by atoms with E-state index in [1.54, 1.807) is 24.4 Å². The summed E-state index contributed by atoms with van der Waals surface area (Å²) in [5, 5.41) is 0. The Morgan fingerprint density at radius 1 is 1.00 bits per heavy atom. The minimum absolute atomic E-state index is 0.00353. The van der Waals surface area contributed by atoms with Gasteiger partial charge in [0.05, 0.1) is 31.4 Å². The molecule has 39 heavy (non-hydrogen) atoms. The molecule has 9 heteroatoms. The molecule has 3 aromatic rings. The van der Waals surface area contributed by atoms with Crippen molar-refractivity contribution in [2.24, 2.45) is 11.7 Å². The van der Waals surface area contributed by atoms with Gasteiger partial charge in [-0.05, 0) is 41.8 Å². The maximum Gasteiger partial charge on any atom is 0.338 e. The fraction of sp³-hybridized carbons (Fsp3) is 0.200. The minimum Gasteiger partial charge on any atom is -0.468 e. The number of hydrogen-bond acceptors (Lipinski definition) is 8. The van der Waals surface area contributed by atoms with Crippen molar-refractivity contribution in [3.63, 3.8) is 0 Å². The van der Waals surface area contributed by atoms with Crippen molar-refractivity contribution in [3.05, 3.63) is 119 Å². The molecule has 0 bridgehead atoms. The van der Waals surface area contributed by atoms with Crippen molar-refractivity contribution in [1.29, 1.82) is 0 Å². The third-order valence-electron chi connectivity index (χ3n) is 7.21. The number of Topliss-reactive ketones (excluding diaryl/α,β-unsaturated/α-hetero) is 1. The van der Waals surface area contributed by atoms with Gasteiger partial charge in [0.15, 0.2) is 5.78 Å². The molecule has 2 heterocycles. The second-order valence-corrected chi connectivity index (χ2v) is 9.27. The number of halogens is 1. The normalized spacial score (nSPS) is 20.9. The summed E-state index contributed by atoms with van der Waals surface area (Å²) >= 11 is 0. The van der Waals surface area contributed by atoms with Gasteiger partial charge in [0.25, 0.3) is 0 Å². The van der Waals surface area contributed by atoms with Gasteiger partial charge in [0.1, 0.15) is 17.6 Å². The molecular weight excluding hydrogens is 501 g/mol. The average molecular weight is 528 g/mol. The van der Waals surface area contributed by atoms with Crippen molar-refractivity contribution in [2.75, 3.05) is 19.1 Å². The van der Waals surface area contributed by atoms with E-state index in [0.717, 1.165) is 5.56 Å². The number of aromatic nitrogens is 1. The maximum atomic E-state index is 14.4. The second kappa shape index (κ2) is 10.5. The average Bonchev–Trinajstić information content (AvgIpc) is 2.96. The molecule has 0 amide bonds. The lowest BCUT2D eigenvalue weighted by Gasteiger charge is -2.44. The van der Waals surface area contributed by atoms with Crippen LogP contribution in [0.5, 0.6) is 0 Å². The Morgan fingerprint density at radius 2 is 1.74 bits per heavy atom. The van der Waals surface area contributed by atoms with E-state index in [9.17, 15) is 18.8 Å². The molecule has 2 N–H and O–H groups in total. The first-order valence-corrected chi connectivity index (χ1v) is 12.3. The van der Waals surface area contributed by atoms with E-state index in [-0.39, 0.29) is 23.4 Å². The van der Waals surface area contributed by atoms with E-state index >= 15 is 0 Å². The van der Waals surface area contributed by atoms with Crippen LogP contribution in [-0.2, 0) is 23.9 Å². The Morgan fingerprint density at radius 3 is 2.38 bits per heavy atom. The monoisotopic (exact) mass is 527 g/mol. The highest BCUT2D eigenvalue weighted by molar-refractivity contribution is 6.14. The second-order valence-electron chi connectivity index (χ2n) is 9.27. The summed E-state index contributed by atoms with van der Waals surface area (Å²) in [4.78, 5) is 46.5. The summed E-state index contributed by atoms with van der Waals surface area (Å²) in [5.74, 6) is -5.23. The van der Waals surface area contributed by atoms with Gasteiger partial charge in [0, 0.05) is 29.6 Å². The number of hydrogen-bond donors (Lipinski definition) is 1. The molecule has 0 fully saturated rings. The molecule has 0 unspecified atom stereocenters. The first-order chi connectivity index (χ1) is 18.9. The SMILES string of the molecule is COC(=O)C1=C(N)N(c2cccc(F)c2)C2=C(C(=O)[C@H](C(=O)OC)[C@@H](c3ccccc3)C2)[C@H]1c1cccnc1. The number of carbonyl (C=O) groups is 3. The lowest BCUT2D eigenvalue weighted by Crippen LogP contribution is -2.46. The lowest BCUT2D eigenvalue weighted by atomic mass is 9.67. The number of benzene rings is 2. The van der Waals surface area contributed by atoms with E-state index in [1.807, 2.05) is 30.3 Å². The standard InChI is InChI=1S/C30H26FN3O5/c1-38-29(36)24-21(17-8-4-3-5-9-17)15-22-25(27(24)35)23(18-10-7-13-33-16-18)26(30(37)39-2)28(32)34(22)20-12-6-11-19(31)14-20/h3-14,16,21,23-24H,15,32H2,1-2H3/t21-,23-,24-/m1/s1. The number of pyridine rings is 1. The largest absolute Gasteiger partial charge is 0.468 e. The molecule has 0 saturated heterocycles. The number of carbonyl (C=O) groups excluding carboxylic acids is 3. The van der Waals surface area contributed by atoms with Gasteiger partial charge in [0.2, 0.25) is 0 Å². The van der Waals surface area contributed by atoms with Gasteiger partial charge in [-0.2, -0.15) is 0 Å². The van der Waals surface area contributed by atoms with Crippen LogP contribution >= 0.6 is 0 Å². The molecule has 5 rings (SSSR count). The Bertz CT molecular complexity index is 1500. The van der Waals surface area contributed by atoms with Crippen LogP contribution in [0.1, 0.15) is 29.4 Å². The highest BCUT2D eigenvalue weighted by Gasteiger charge is 2.51. The number of esters is 2. The predicted octanol–water partition coefficient (Wildman–Crippen LogP) is 3.97. The molecule has 3 atom stereocenters. The molecule has 198 valence electrons. The fourth-order valence-electron chi connectivity index (χ4n) is 5.54. The van der Waals surface area contributed by atoms with E-state index in [1.165, 1.54) is 43.5 Å². The Labute approximate surface area is 224 Å². The Hall–Kier alpha value is -4.79. The molecule has 0 saturated carbocycles. The van der Waals surface area contributed by atoms with Crippen LogP contribution in [0.25, 0.3) is 0 Å². The first-order valence-electron chi connectivity index (χ1n) is 12.3. The molecule has 2 aromatic carbocycles. The van der Waals surface area contributed by atoms with E-state index in [2.05, 4.69) is 4.98 Å². The van der Waals surface area contributed by atoms with Crippen LogP contribution in [-0.4, -0.2) is 36.9 Å². The molecule has 1 aliphatic heterocycles. The van der Waals surface area contributed by atoms with Crippen LogP contribution in [0.3, 0.4) is 0 Å². The number of methoxy groups -OCH3 is 2. The number of ether oxygens (including phenoxy) is 2. The molecule has 0 spiro atoms. The van der Waals surface area contributed by atoms with Crippen molar-refractivity contribution in [1.82, 2.24) is 4.98 Å². The third kappa shape index (κ3) is 4.46. The number of ketones is 1. The van der Waals surface area contributed by atoms with Crippen molar-refractivity contribution in [2.45, 2.75) is 18.3 Å². The maximum absolute atomic E-state index is 14.4. The predicted molar refractivity (Wildman–Crippen MR) is 140 cm³/mol. The summed E-state index contributed by atoms with van der Waals surface area (Å²) in [6.45, 7) is 0. The van der Waals surface area contributed by atoms with E-state index in [4.69, 9.17) is 15.2 Å². The zero-order valence-corrected chi connectivity index (χ0v) is 21.3. The van der Waals surface area contributed by atoms with Gasteiger partial charge in [-0.15, -0.1) is 0 Å². The summed E-state index contributed by atoms with van der Waals surface area (Å²) < 4.78 is 24.6. The van der Waals surface area contributed by atoms with Crippen molar-refractivity contribution in [3.8, 4) is 0 Å². The van der Waals surface area contributed by atoms with E-state index in [0.29, 0.717) is 16.9 Å². The molecule has 8 nitrogen and oxygen atoms in total. The zero-order valence-electron chi connectivity index (χ0n) is 21.3. The molecular formula is C30H26FN3O5. The van der Waals surface area contributed by atoms with Crippen molar-refractivity contribution < 1.29 is 28.2 Å². The number of nitrogens with zero attached hydrogens (tertiary/aromatic N) is 2. The Kier molecular flexibility index (Phi) is 6.98. The van der Waals surface area contributed by atoms with Crippen molar-refractivity contribution >= 4 is 23.4 Å². The quantitative estimate of drug-likeness (QED) is 0.392. The van der Waals surface area contributed by atoms with Crippen LogP contribution in [0.15, 0.2) is 102 Å². The summed E-state index contributed by atoms with van der Waals surface area (Å²) in [5.41, 5.74) is 8.92. The molecule has 0 radical (unpaired) electrons. The van der Waals surface area contributed by atoms with E-state index < -0.39 is 41.3 Å². The van der Waals surface area contributed by atoms with Crippen LogP contribution in [0, 0.1) is 11.7 Å². The summed E-state index contributed by atoms with van der Waals surface area (Å²) in [6.07, 6.45) is 3.29. The first kappa shape index (κ1) is 25.8. The summed E-state index contributed by atoms with van der Waals surface area (Å²) in [6, 6.07) is 18.3. The third-order valence-corrected chi connectivity index (χ3v) is 7.21. The molecule has 2 aliphatic rings. The minimum atomic E-state index is -1.18. The topological polar surface area (TPSA) is 112 Å². The van der Waals surface area contributed by atoms with Gasteiger partial charge >= 0.3 is 11.9 Å². The molecule has 1 aromatic heterocycles. The zero-order chi connectivity index (χ0) is 27.7. The van der Waals surface area contributed by atoms with Gasteiger partial charge < -0.3 is 15.2 Å². The van der Waals surface area contributed by atoms with Gasteiger partial charge in [-0.3, -0.25) is 19.5 Å². The van der Waals surface area contributed by atoms with Gasteiger partial charge in [-0.1, -0.05) is 42.5 Å². The fourth-order valence-corrected chi connectivity index (χ4v) is 5.54. The smallest absolute Gasteiger partial charge is 0.338 e.